The van der Waals surface area contributed by atoms with Crippen LogP contribution in [0.5, 0.6) is 0 Å². The number of hydrogen-bond donors (Lipinski definition) is 2. The Hall–Kier alpha value is -4.36. The average Bonchev–Trinajstić information content (AvgIpc) is 3.68. The van der Waals surface area contributed by atoms with E-state index in [1.54, 1.807) is 0 Å². The third kappa shape index (κ3) is 3.74. The summed E-state index contributed by atoms with van der Waals surface area (Å²) in [6, 6.07) is 16.9. The van der Waals surface area contributed by atoms with Gasteiger partial charge >= 0.3 is 0 Å². The molecule has 1 fully saturated rings. The van der Waals surface area contributed by atoms with Gasteiger partial charge in [-0.05, 0) is 90.6 Å². The normalized spacial score (nSPS) is 14.2. The molecule has 0 saturated carbocycles. The molecule has 0 spiro atoms. The second-order valence-corrected chi connectivity index (χ2v) is 9.44. The fourth-order valence-corrected chi connectivity index (χ4v) is 5.27. The zero-order valence-corrected chi connectivity index (χ0v) is 19.8. The number of nitrogens with one attached hydrogen (secondary N) is 2. The molecule has 1 aromatic carbocycles. The van der Waals surface area contributed by atoms with E-state index >= 15 is 0 Å². The van der Waals surface area contributed by atoms with Gasteiger partial charge in [0.2, 0.25) is 0 Å². The predicted molar refractivity (Wildman–Crippen MR) is 142 cm³/mol. The topological polar surface area (TPSA) is 86.4 Å². The fourth-order valence-electron chi connectivity index (χ4n) is 5.27. The molecule has 0 bridgehead atoms. The van der Waals surface area contributed by atoms with Gasteiger partial charge in [-0.1, -0.05) is 6.07 Å². The van der Waals surface area contributed by atoms with Gasteiger partial charge < -0.3 is 4.98 Å². The molecule has 36 heavy (non-hydrogen) atoms. The highest BCUT2D eigenvalue weighted by Gasteiger charge is 2.16. The Morgan fingerprint density at radius 3 is 2.56 bits per heavy atom. The highest BCUT2D eigenvalue weighted by molar-refractivity contribution is 6.00. The lowest BCUT2D eigenvalue weighted by atomic mass is 10.0. The number of aromatic nitrogens is 6. The Morgan fingerprint density at radius 1 is 0.778 bits per heavy atom. The van der Waals surface area contributed by atoms with Gasteiger partial charge in [-0.2, -0.15) is 5.10 Å². The molecule has 0 unspecified atom stereocenters. The Kier molecular flexibility index (Phi) is 5.06. The molecule has 1 aliphatic heterocycles. The monoisotopic (exact) mass is 471 g/mol. The third-order valence-electron chi connectivity index (χ3n) is 7.07. The molecule has 5 aromatic heterocycles. The smallest absolute Gasteiger partial charge is 0.138 e. The zero-order valence-electron chi connectivity index (χ0n) is 19.8. The summed E-state index contributed by atoms with van der Waals surface area (Å²) in [5.41, 5.74) is 9.39. The highest BCUT2D eigenvalue weighted by Crippen LogP contribution is 2.34. The minimum absolute atomic E-state index is 0.838. The van der Waals surface area contributed by atoms with Crippen LogP contribution in [-0.2, 0) is 6.54 Å². The first kappa shape index (κ1) is 21.0. The van der Waals surface area contributed by atoms with Crippen molar-refractivity contribution in [2.24, 2.45) is 0 Å². The van der Waals surface area contributed by atoms with Crippen LogP contribution in [0.15, 0.2) is 79.5 Å². The van der Waals surface area contributed by atoms with Crippen molar-refractivity contribution in [3.8, 4) is 33.6 Å². The van der Waals surface area contributed by atoms with Crippen LogP contribution in [0, 0.1) is 0 Å². The van der Waals surface area contributed by atoms with E-state index in [-0.39, 0.29) is 0 Å². The highest BCUT2D eigenvalue weighted by atomic mass is 15.1. The number of H-pyrrole nitrogens is 2. The molecule has 7 rings (SSSR count). The van der Waals surface area contributed by atoms with Gasteiger partial charge in [-0.3, -0.25) is 20.0 Å². The van der Waals surface area contributed by atoms with E-state index in [0.717, 1.165) is 62.1 Å². The molecule has 0 amide bonds. The summed E-state index contributed by atoms with van der Waals surface area (Å²) in [6.07, 6.45) is 12.0. The van der Waals surface area contributed by atoms with Crippen LogP contribution < -0.4 is 0 Å². The van der Waals surface area contributed by atoms with E-state index in [0.29, 0.717) is 0 Å². The molecule has 0 aliphatic carbocycles. The standard InChI is InChI=1S/C29H25N7/c1-2-12-36(11-1)18-19-13-22(17-31-16-19)21-3-4-26-25(14-21)28(35-34-26)27-15-24-23(7-10-32-29(24)33-27)20-5-8-30-9-6-20/h3-10,13-17H,1-2,11-12,18H2,(H,32,33)(H,34,35). The van der Waals surface area contributed by atoms with Crippen molar-refractivity contribution in [3.63, 3.8) is 0 Å². The molecular weight excluding hydrogens is 446 g/mol. The third-order valence-corrected chi connectivity index (χ3v) is 7.07. The molecule has 7 heteroatoms. The summed E-state index contributed by atoms with van der Waals surface area (Å²) >= 11 is 0. The quantitative estimate of drug-likeness (QED) is 0.331. The van der Waals surface area contributed by atoms with Crippen molar-refractivity contribution in [1.82, 2.24) is 35.0 Å². The van der Waals surface area contributed by atoms with E-state index in [4.69, 9.17) is 0 Å². The maximum absolute atomic E-state index is 4.67. The number of benzene rings is 1. The van der Waals surface area contributed by atoms with Crippen LogP contribution in [0.25, 0.3) is 55.6 Å². The number of nitrogens with zero attached hydrogens (tertiary/aromatic N) is 5. The van der Waals surface area contributed by atoms with Crippen LogP contribution in [0.1, 0.15) is 18.4 Å². The van der Waals surface area contributed by atoms with Gasteiger partial charge in [0.05, 0.1) is 11.2 Å². The number of aromatic amines is 2. The SMILES string of the molecule is c1cc(-c2ccnc3[nH]c(-c4n[nH]c5ccc(-c6cncc(CN7CCCC7)c6)cc45)cc23)ccn1. The Labute approximate surface area is 208 Å². The van der Waals surface area contributed by atoms with Crippen molar-refractivity contribution in [2.75, 3.05) is 13.1 Å². The minimum atomic E-state index is 0.838. The first-order valence-electron chi connectivity index (χ1n) is 12.4. The molecule has 0 atom stereocenters. The van der Waals surface area contributed by atoms with Crippen LogP contribution in [0.3, 0.4) is 0 Å². The maximum atomic E-state index is 4.67. The first-order chi connectivity index (χ1) is 17.8. The van der Waals surface area contributed by atoms with Gasteiger partial charge in [-0.25, -0.2) is 4.98 Å². The number of hydrogen-bond acceptors (Lipinski definition) is 5. The fraction of sp³-hybridized carbons (Fsp3) is 0.172. The maximum Gasteiger partial charge on any atom is 0.138 e. The number of fused-ring (bicyclic) bond motifs is 2. The molecule has 0 radical (unpaired) electrons. The van der Waals surface area contributed by atoms with Crippen molar-refractivity contribution < 1.29 is 0 Å². The van der Waals surface area contributed by atoms with Crippen LogP contribution in [0.4, 0.5) is 0 Å². The molecule has 6 aromatic rings. The van der Waals surface area contributed by atoms with E-state index in [2.05, 4.69) is 65.4 Å². The summed E-state index contributed by atoms with van der Waals surface area (Å²) in [5.74, 6) is 0. The summed E-state index contributed by atoms with van der Waals surface area (Å²) in [4.78, 5) is 19.3. The summed E-state index contributed by atoms with van der Waals surface area (Å²) in [6.45, 7) is 3.31. The predicted octanol–water partition coefficient (Wildman–Crippen LogP) is 5.83. The van der Waals surface area contributed by atoms with Gasteiger partial charge in [0.1, 0.15) is 11.3 Å². The zero-order chi connectivity index (χ0) is 23.9. The minimum Gasteiger partial charge on any atom is -0.338 e. The molecule has 1 aliphatic rings. The molecule has 176 valence electrons. The number of pyridine rings is 3. The average molecular weight is 472 g/mol. The second-order valence-electron chi connectivity index (χ2n) is 9.44. The largest absolute Gasteiger partial charge is 0.338 e. The lowest BCUT2D eigenvalue weighted by molar-refractivity contribution is 0.331. The van der Waals surface area contributed by atoms with Crippen LogP contribution in [0.2, 0.25) is 0 Å². The van der Waals surface area contributed by atoms with Crippen molar-refractivity contribution in [3.05, 3.63) is 85.1 Å². The van der Waals surface area contributed by atoms with Gasteiger partial charge in [0, 0.05) is 53.9 Å². The lowest BCUT2D eigenvalue weighted by Gasteiger charge is -2.14. The van der Waals surface area contributed by atoms with Crippen molar-refractivity contribution >= 4 is 21.9 Å². The molecular formula is C29H25N7. The van der Waals surface area contributed by atoms with Crippen molar-refractivity contribution in [2.45, 2.75) is 19.4 Å². The van der Waals surface area contributed by atoms with E-state index in [1.165, 1.54) is 31.5 Å². The Bertz CT molecular complexity index is 1680. The number of likely N-dealkylation sites (tertiary alicyclic amines) is 1. The van der Waals surface area contributed by atoms with E-state index in [9.17, 15) is 0 Å². The van der Waals surface area contributed by atoms with Crippen LogP contribution >= 0.6 is 0 Å². The molecule has 6 heterocycles. The van der Waals surface area contributed by atoms with Gasteiger partial charge in [-0.15, -0.1) is 0 Å². The summed E-state index contributed by atoms with van der Waals surface area (Å²) in [5, 5.41) is 9.99. The summed E-state index contributed by atoms with van der Waals surface area (Å²) < 4.78 is 0. The van der Waals surface area contributed by atoms with Crippen LogP contribution in [-0.4, -0.2) is 48.1 Å². The molecule has 7 nitrogen and oxygen atoms in total. The Balaban J connectivity index is 1.28. The summed E-state index contributed by atoms with van der Waals surface area (Å²) in [7, 11) is 0. The van der Waals surface area contributed by atoms with Gasteiger partial charge in [0.25, 0.3) is 0 Å². The van der Waals surface area contributed by atoms with E-state index < -0.39 is 0 Å². The lowest BCUT2D eigenvalue weighted by Crippen LogP contribution is -2.18. The Morgan fingerprint density at radius 2 is 1.67 bits per heavy atom. The number of rotatable bonds is 5. The van der Waals surface area contributed by atoms with E-state index in [1.807, 2.05) is 49.2 Å². The van der Waals surface area contributed by atoms with Crippen molar-refractivity contribution in [1.29, 1.82) is 0 Å². The van der Waals surface area contributed by atoms with Gasteiger partial charge in [0.15, 0.2) is 0 Å². The second kappa shape index (κ2) is 8.70. The molecule has 1 saturated heterocycles. The first-order valence-corrected chi connectivity index (χ1v) is 12.4. The molecule has 2 N–H and O–H groups in total.